The Morgan fingerprint density at radius 2 is 2.35 bits per heavy atom. The Labute approximate surface area is 102 Å². The number of carboxylic acid groups (broad SMARTS) is 1. The lowest BCUT2D eigenvalue weighted by molar-refractivity contribution is 0.0702. The minimum Gasteiger partial charge on any atom is -0.477 e. The Balaban J connectivity index is 1.83. The zero-order valence-corrected chi connectivity index (χ0v) is 10.1. The lowest BCUT2D eigenvalue weighted by atomic mass is 10.4. The number of hydrogen-bond acceptors (Lipinski definition) is 5. The maximum absolute atomic E-state index is 10.7. The summed E-state index contributed by atoms with van der Waals surface area (Å²) in [5, 5.41) is 11.9. The van der Waals surface area contributed by atoms with Gasteiger partial charge in [0.15, 0.2) is 0 Å². The van der Waals surface area contributed by atoms with Crippen LogP contribution in [0.2, 0.25) is 0 Å². The topological polar surface area (TPSA) is 75.4 Å². The number of carboxylic acids is 1. The highest BCUT2D eigenvalue weighted by molar-refractivity contribution is 7.13. The van der Waals surface area contributed by atoms with Crippen molar-refractivity contribution in [3.05, 3.63) is 39.7 Å². The summed E-state index contributed by atoms with van der Waals surface area (Å²) in [5.41, 5.74) is 0. The summed E-state index contributed by atoms with van der Waals surface area (Å²) >= 11 is 1.27. The number of rotatable bonds is 5. The normalized spacial score (nSPS) is 10.6. The van der Waals surface area contributed by atoms with Crippen LogP contribution in [-0.2, 0) is 13.1 Å². The van der Waals surface area contributed by atoms with E-state index in [0.717, 1.165) is 10.6 Å². The molecule has 0 atom stereocenters. The van der Waals surface area contributed by atoms with Crippen LogP contribution in [-0.4, -0.2) is 16.1 Å². The number of nitrogens with one attached hydrogen (secondary N) is 1. The lowest BCUT2D eigenvalue weighted by Crippen LogP contribution is -2.11. The predicted molar refractivity (Wildman–Crippen MR) is 63.1 cm³/mol. The van der Waals surface area contributed by atoms with Gasteiger partial charge in [-0.3, -0.25) is 0 Å². The minimum absolute atomic E-state index is 0.355. The van der Waals surface area contributed by atoms with E-state index in [-0.39, 0.29) is 0 Å². The van der Waals surface area contributed by atoms with Crippen molar-refractivity contribution in [3.8, 4) is 0 Å². The first-order chi connectivity index (χ1) is 8.15. The smallest absolute Gasteiger partial charge is 0.345 e. The molecule has 0 saturated heterocycles. The summed E-state index contributed by atoms with van der Waals surface area (Å²) in [7, 11) is 0. The molecule has 0 aliphatic heterocycles. The summed E-state index contributed by atoms with van der Waals surface area (Å²) in [6, 6.07) is 3.42. The molecule has 17 heavy (non-hydrogen) atoms. The molecule has 0 spiro atoms. The van der Waals surface area contributed by atoms with E-state index in [1.54, 1.807) is 12.3 Å². The Morgan fingerprint density at radius 1 is 1.53 bits per heavy atom. The second-order valence-corrected chi connectivity index (χ2v) is 4.71. The number of aryl methyl sites for hydroxylation is 1. The van der Waals surface area contributed by atoms with Gasteiger partial charge in [0.25, 0.3) is 0 Å². The van der Waals surface area contributed by atoms with E-state index in [1.807, 2.05) is 13.0 Å². The van der Waals surface area contributed by atoms with Gasteiger partial charge in [-0.25, -0.2) is 9.78 Å². The third-order valence-corrected chi connectivity index (χ3v) is 3.19. The molecule has 0 aromatic carbocycles. The molecule has 0 aliphatic rings. The van der Waals surface area contributed by atoms with Crippen LogP contribution >= 0.6 is 11.3 Å². The largest absolute Gasteiger partial charge is 0.477 e. The van der Waals surface area contributed by atoms with Crippen LogP contribution in [0.5, 0.6) is 0 Å². The van der Waals surface area contributed by atoms with Gasteiger partial charge in [-0.1, -0.05) is 0 Å². The van der Waals surface area contributed by atoms with Crippen LogP contribution in [0.15, 0.2) is 22.7 Å². The molecule has 0 fully saturated rings. The average Bonchev–Trinajstić information content (AvgIpc) is 2.88. The molecule has 2 aromatic heterocycles. The molecular formula is C11H12N2O3S. The van der Waals surface area contributed by atoms with Crippen molar-refractivity contribution in [1.29, 1.82) is 0 Å². The number of oxazole rings is 1. The SMILES string of the molecule is Cc1cnc(CNCc2ccc(C(=O)O)s2)o1. The Hall–Kier alpha value is -1.66. The zero-order valence-electron chi connectivity index (χ0n) is 9.27. The average molecular weight is 252 g/mol. The highest BCUT2D eigenvalue weighted by Crippen LogP contribution is 2.16. The van der Waals surface area contributed by atoms with Crippen LogP contribution < -0.4 is 5.32 Å². The van der Waals surface area contributed by atoms with E-state index in [1.165, 1.54) is 11.3 Å². The molecular weight excluding hydrogens is 240 g/mol. The van der Waals surface area contributed by atoms with Crippen LogP contribution in [0.3, 0.4) is 0 Å². The maximum Gasteiger partial charge on any atom is 0.345 e. The van der Waals surface area contributed by atoms with E-state index in [2.05, 4.69) is 10.3 Å². The van der Waals surface area contributed by atoms with E-state index >= 15 is 0 Å². The number of hydrogen-bond donors (Lipinski definition) is 2. The standard InChI is InChI=1S/C11H12N2O3S/c1-7-4-13-10(16-7)6-12-5-8-2-3-9(17-8)11(14)15/h2-4,12H,5-6H2,1H3,(H,14,15). The first-order valence-corrected chi connectivity index (χ1v) is 5.91. The van der Waals surface area contributed by atoms with Crippen molar-refractivity contribution in [2.24, 2.45) is 0 Å². The fraction of sp³-hybridized carbons (Fsp3) is 0.273. The van der Waals surface area contributed by atoms with E-state index in [4.69, 9.17) is 9.52 Å². The van der Waals surface area contributed by atoms with Gasteiger partial charge in [-0.2, -0.15) is 0 Å². The molecule has 0 radical (unpaired) electrons. The Morgan fingerprint density at radius 3 is 2.94 bits per heavy atom. The molecule has 0 amide bonds. The number of thiophene rings is 1. The van der Waals surface area contributed by atoms with Gasteiger partial charge in [0.1, 0.15) is 10.6 Å². The van der Waals surface area contributed by atoms with E-state index in [9.17, 15) is 4.79 Å². The van der Waals surface area contributed by atoms with Crippen LogP contribution in [0, 0.1) is 6.92 Å². The maximum atomic E-state index is 10.7. The Bertz CT molecular complexity index is 518. The highest BCUT2D eigenvalue weighted by Gasteiger charge is 2.06. The molecule has 2 aromatic rings. The third kappa shape index (κ3) is 3.15. The van der Waals surface area contributed by atoms with Crippen molar-refractivity contribution in [1.82, 2.24) is 10.3 Å². The second-order valence-electron chi connectivity index (χ2n) is 3.54. The lowest BCUT2D eigenvalue weighted by Gasteiger charge is -1.98. The molecule has 5 nitrogen and oxygen atoms in total. The molecule has 0 unspecified atom stereocenters. The van der Waals surface area contributed by atoms with Crippen LogP contribution in [0.4, 0.5) is 0 Å². The first kappa shape index (κ1) is 11.8. The number of aromatic carboxylic acids is 1. The Kier molecular flexibility index (Phi) is 3.55. The molecule has 2 heterocycles. The first-order valence-electron chi connectivity index (χ1n) is 5.09. The quantitative estimate of drug-likeness (QED) is 0.851. The molecule has 0 bridgehead atoms. The van der Waals surface area contributed by atoms with Gasteiger partial charge in [0.2, 0.25) is 5.89 Å². The molecule has 2 N–H and O–H groups in total. The second kappa shape index (κ2) is 5.11. The summed E-state index contributed by atoms with van der Waals surface area (Å²) in [4.78, 5) is 16.1. The number of aromatic nitrogens is 1. The third-order valence-electron chi connectivity index (χ3n) is 2.12. The van der Waals surface area contributed by atoms with Crippen LogP contribution in [0.25, 0.3) is 0 Å². The van der Waals surface area contributed by atoms with Gasteiger partial charge in [-0.15, -0.1) is 11.3 Å². The van der Waals surface area contributed by atoms with Crippen molar-refractivity contribution in [3.63, 3.8) is 0 Å². The fourth-order valence-corrected chi connectivity index (χ4v) is 2.18. The molecule has 90 valence electrons. The van der Waals surface area contributed by atoms with Crippen molar-refractivity contribution < 1.29 is 14.3 Å². The van der Waals surface area contributed by atoms with Crippen molar-refractivity contribution in [2.45, 2.75) is 20.0 Å². The van der Waals surface area contributed by atoms with E-state index < -0.39 is 5.97 Å². The molecule has 6 heteroatoms. The van der Waals surface area contributed by atoms with Gasteiger partial charge < -0.3 is 14.8 Å². The van der Waals surface area contributed by atoms with Gasteiger partial charge >= 0.3 is 5.97 Å². The predicted octanol–water partition coefficient (Wildman–Crippen LogP) is 2.03. The van der Waals surface area contributed by atoms with Crippen molar-refractivity contribution in [2.75, 3.05) is 0 Å². The molecule has 0 aliphatic carbocycles. The minimum atomic E-state index is -0.885. The van der Waals surface area contributed by atoms with Gasteiger partial charge in [0, 0.05) is 11.4 Å². The molecule has 0 saturated carbocycles. The molecule has 2 rings (SSSR count). The van der Waals surface area contributed by atoms with Crippen molar-refractivity contribution >= 4 is 17.3 Å². The monoisotopic (exact) mass is 252 g/mol. The number of carbonyl (C=O) groups is 1. The zero-order chi connectivity index (χ0) is 12.3. The summed E-state index contributed by atoms with van der Waals surface area (Å²) in [6.45, 7) is 2.99. The fourth-order valence-electron chi connectivity index (χ4n) is 1.36. The summed E-state index contributed by atoms with van der Waals surface area (Å²) in [6.07, 6.45) is 1.67. The highest BCUT2D eigenvalue weighted by atomic mass is 32.1. The van der Waals surface area contributed by atoms with Gasteiger partial charge in [-0.05, 0) is 19.1 Å². The van der Waals surface area contributed by atoms with E-state index in [0.29, 0.717) is 23.9 Å². The van der Waals surface area contributed by atoms with Crippen LogP contribution in [0.1, 0.15) is 26.2 Å². The summed E-state index contributed by atoms with van der Waals surface area (Å²) in [5.74, 6) is 0.535. The summed E-state index contributed by atoms with van der Waals surface area (Å²) < 4.78 is 5.30. The van der Waals surface area contributed by atoms with Gasteiger partial charge in [0.05, 0.1) is 12.7 Å². The number of nitrogens with zero attached hydrogens (tertiary/aromatic N) is 1.